The fourth-order valence-electron chi connectivity index (χ4n) is 2.90. The average Bonchev–Trinajstić information content (AvgIpc) is 3.31. The molecule has 3 nitrogen and oxygen atoms in total. The smallest absolute Gasteiger partial charge is 0.239 e. The Morgan fingerprint density at radius 2 is 1.81 bits per heavy atom. The van der Waals surface area contributed by atoms with E-state index >= 15 is 0 Å². The molecule has 0 unspecified atom stereocenters. The van der Waals surface area contributed by atoms with Crippen LogP contribution < -0.4 is 5.73 Å². The van der Waals surface area contributed by atoms with E-state index in [0.29, 0.717) is 6.04 Å². The third kappa shape index (κ3) is 2.79. The Morgan fingerprint density at radius 1 is 1.14 bits per heavy atom. The molecule has 0 bridgehead atoms. The maximum atomic E-state index is 12.4. The van der Waals surface area contributed by atoms with Gasteiger partial charge in [0.1, 0.15) is 0 Å². The lowest BCUT2D eigenvalue weighted by molar-refractivity contribution is -0.135. The minimum atomic E-state index is -0.437. The topological polar surface area (TPSA) is 46.3 Å². The van der Waals surface area contributed by atoms with Crippen LogP contribution in [0.4, 0.5) is 0 Å². The Bertz CT molecular complexity index is 661. The van der Waals surface area contributed by atoms with E-state index in [4.69, 9.17) is 5.73 Å². The van der Waals surface area contributed by atoms with Gasteiger partial charge in [-0.1, -0.05) is 36.4 Å². The van der Waals surface area contributed by atoms with E-state index in [1.165, 1.54) is 16.3 Å². The van der Waals surface area contributed by atoms with Crippen LogP contribution in [0, 0.1) is 0 Å². The van der Waals surface area contributed by atoms with Crippen LogP contribution in [0.3, 0.4) is 0 Å². The molecule has 2 aromatic rings. The first-order chi connectivity index (χ1) is 10.1. The second kappa shape index (κ2) is 5.49. The molecule has 0 heterocycles. The zero-order chi connectivity index (χ0) is 15.0. The van der Waals surface area contributed by atoms with E-state index in [0.717, 1.165) is 12.8 Å². The molecule has 0 aromatic heterocycles. The molecular weight excluding hydrogens is 260 g/mol. The van der Waals surface area contributed by atoms with Gasteiger partial charge in [0.2, 0.25) is 5.91 Å². The maximum absolute atomic E-state index is 12.4. The number of nitrogens with two attached hydrogens (primary N) is 1. The van der Waals surface area contributed by atoms with Crippen molar-refractivity contribution in [1.29, 1.82) is 0 Å². The summed E-state index contributed by atoms with van der Waals surface area (Å²) in [5.74, 6) is 0.0539. The Kier molecular flexibility index (Phi) is 3.68. The lowest BCUT2D eigenvalue weighted by Gasteiger charge is -2.31. The number of carbonyl (C=O) groups excluding carboxylic acids is 1. The Labute approximate surface area is 125 Å². The molecule has 0 radical (unpaired) electrons. The maximum Gasteiger partial charge on any atom is 0.239 e. The van der Waals surface area contributed by atoms with Gasteiger partial charge < -0.3 is 10.6 Å². The molecule has 0 aliphatic heterocycles. The fourth-order valence-corrected chi connectivity index (χ4v) is 2.90. The van der Waals surface area contributed by atoms with E-state index in [1.54, 1.807) is 6.92 Å². The minimum absolute atomic E-state index is 0.0539. The second-order valence-corrected chi connectivity index (χ2v) is 6.05. The van der Waals surface area contributed by atoms with Crippen LogP contribution in [0.5, 0.6) is 0 Å². The van der Waals surface area contributed by atoms with Crippen molar-refractivity contribution in [3.63, 3.8) is 0 Å². The van der Waals surface area contributed by atoms with Crippen LogP contribution in [0.1, 0.15) is 38.3 Å². The highest BCUT2D eigenvalue weighted by Gasteiger charge is 2.37. The number of hydrogen-bond acceptors (Lipinski definition) is 2. The first-order valence-electron chi connectivity index (χ1n) is 7.64. The quantitative estimate of drug-likeness (QED) is 0.935. The number of amides is 1. The molecule has 3 rings (SSSR count). The van der Waals surface area contributed by atoms with Gasteiger partial charge in [-0.3, -0.25) is 4.79 Å². The molecule has 0 spiro atoms. The van der Waals surface area contributed by atoms with Crippen LogP contribution in [0.2, 0.25) is 0 Å². The molecule has 110 valence electrons. The Balaban J connectivity index is 1.93. The highest BCUT2D eigenvalue weighted by atomic mass is 16.2. The molecule has 2 atom stereocenters. The summed E-state index contributed by atoms with van der Waals surface area (Å²) in [7, 11) is 0. The van der Waals surface area contributed by atoms with Gasteiger partial charge >= 0.3 is 0 Å². The summed E-state index contributed by atoms with van der Waals surface area (Å²) in [5, 5.41) is 2.44. The van der Waals surface area contributed by atoms with E-state index in [2.05, 4.69) is 37.3 Å². The number of carbonyl (C=O) groups is 1. The van der Waals surface area contributed by atoms with Crippen LogP contribution in [-0.2, 0) is 4.79 Å². The van der Waals surface area contributed by atoms with Crippen LogP contribution >= 0.6 is 0 Å². The molecule has 1 aliphatic rings. The van der Waals surface area contributed by atoms with Crippen molar-refractivity contribution in [2.75, 3.05) is 0 Å². The van der Waals surface area contributed by atoms with E-state index in [1.807, 2.05) is 17.0 Å². The van der Waals surface area contributed by atoms with Gasteiger partial charge in [0.05, 0.1) is 12.1 Å². The minimum Gasteiger partial charge on any atom is -0.332 e. The van der Waals surface area contributed by atoms with E-state index in [-0.39, 0.29) is 11.9 Å². The lowest BCUT2D eigenvalue weighted by atomic mass is 10.0. The Hall–Kier alpha value is -1.87. The lowest BCUT2D eigenvalue weighted by Crippen LogP contribution is -2.44. The summed E-state index contributed by atoms with van der Waals surface area (Å²) < 4.78 is 0. The summed E-state index contributed by atoms with van der Waals surface area (Å²) in [6.45, 7) is 3.87. The predicted octanol–water partition coefficient (Wildman–Crippen LogP) is 3.24. The van der Waals surface area contributed by atoms with Crippen LogP contribution in [-0.4, -0.2) is 22.9 Å². The first kappa shape index (κ1) is 14.1. The van der Waals surface area contributed by atoms with Crippen molar-refractivity contribution >= 4 is 16.7 Å². The monoisotopic (exact) mass is 282 g/mol. The van der Waals surface area contributed by atoms with E-state index in [9.17, 15) is 4.79 Å². The number of fused-ring (bicyclic) bond motifs is 1. The van der Waals surface area contributed by atoms with Gasteiger partial charge in [0.15, 0.2) is 0 Å². The zero-order valence-corrected chi connectivity index (χ0v) is 12.6. The van der Waals surface area contributed by atoms with Crippen molar-refractivity contribution in [1.82, 2.24) is 4.90 Å². The first-order valence-corrected chi connectivity index (χ1v) is 7.64. The van der Waals surface area contributed by atoms with E-state index < -0.39 is 6.04 Å². The molecule has 1 aliphatic carbocycles. The van der Waals surface area contributed by atoms with Gasteiger partial charge in [-0.15, -0.1) is 0 Å². The van der Waals surface area contributed by atoms with Gasteiger partial charge in [-0.05, 0) is 49.1 Å². The van der Waals surface area contributed by atoms with Crippen molar-refractivity contribution in [2.45, 2.75) is 44.8 Å². The van der Waals surface area contributed by atoms with Gasteiger partial charge in [-0.25, -0.2) is 0 Å². The molecule has 0 saturated heterocycles. The number of nitrogens with zero attached hydrogens (tertiary/aromatic N) is 1. The van der Waals surface area contributed by atoms with Gasteiger partial charge in [0.25, 0.3) is 0 Å². The van der Waals surface area contributed by atoms with Crippen LogP contribution in [0.15, 0.2) is 42.5 Å². The highest BCUT2D eigenvalue weighted by Crippen LogP contribution is 2.35. The average molecular weight is 282 g/mol. The van der Waals surface area contributed by atoms with Crippen molar-refractivity contribution in [2.24, 2.45) is 5.73 Å². The summed E-state index contributed by atoms with van der Waals surface area (Å²) in [5.41, 5.74) is 6.99. The van der Waals surface area contributed by atoms with Gasteiger partial charge in [0, 0.05) is 6.04 Å². The predicted molar refractivity (Wildman–Crippen MR) is 85.9 cm³/mol. The summed E-state index contributed by atoms with van der Waals surface area (Å²) in [4.78, 5) is 14.4. The third-order valence-electron chi connectivity index (χ3n) is 4.26. The number of rotatable bonds is 4. The van der Waals surface area contributed by atoms with Crippen molar-refractivity contribution < 1.29 is 4.79 Å². The molecule has 2 aromatic carbocycles. The SMILES string of the molecule is C[C@@H](N)C(=O)N(C1CC1)[C@@H](C)c1ccc2ccccc2c1. The fraction of sp³-hybridized carbons (Fsp3) is 0.389. The summed E-state index contributed by atoms with van der Waals surface area (Å²) in [6.07, 6.45) is 2.19. The third-order valence-corrected chi connectivity index (χ3v) is 4.26. The highest BCUT2D eigenvalue weighted by molar-refractivity contribution is 5.84. The Morgan fingerprint density at radius 3 is 2.43 bits per heavy atom. The molecule has 1 amide bonds. The number of hydrogen-bond donors (Lipinski definition) is 1. The largest absolute Gasteiger partial charge is 0.332 e. The molecular formula is C18H22N2O. The standard InChI is InChI=1S/C18H22N2O/c1-12(19)18(21)20(17-9-10-17)13(2)15-8-7-14-5-3-4-6-16(14)11-15/h3-8,11-13,17H,9-10,19H2,1-2H3/t12-,13+/m1/s1. The normalized spacial score (nSPS) is 17.5. The van der Waals surface area contributed by atoms with Crippen molar-refractivity contribution in [3.05, 3.63) is 48.0 Å². The molecule has 21 heavy (non-hydrogen) atoms. The number of benzene rings is 2. The molecule has 1 saturated carbocycles. The summed E-state index contributed by atoms with van der Waals surface area (Å²) in [6, 6.07) is 14.7. The van der Waals surface area contributed by atoms with Crippen molar-refractivity contribution in [3.8, 4) is 0 Å². The second-order valence-electron chi connectivity index (χ2n) is 6.05. The molecule has 1 fully saturated rings. The van der Waals surface area contributed by atoms with Crippen LogP contribution in [0.25, 0.3) is 10.8 Å². The molecule has 2 N–H and O–H groups in total. The zero-order valence-electron chi connectivity index (χ0n) is 12.6. The van der Waals surface area contributed by atoms with Gasteiger partial charge in [-0.2, -0.15) is 0 Å². The summed E-state index contributed by atoms with van der Waals surface area (Å²) >= 11 is 0. The molecule has 3 heteroatoms.